The smallest absolute Gasteiger partial charge is 0.0498 e. The minimum absolute atomic E-state index is 0.338. The molecule has 0 radical (unpaired) electrons. The number of benzene rings is 1. The summed E-state index contributed by atoms with van der Waals surface area (Å²) in [5, 5.41) is 0. The van der Waals surface area contributed by atoms with Gasteiger partial charge in [0.05, 0.1) is 0 Å². The second-order valence-corrected chi connectivity index (χ2v) is 4.97. The molecule has 0 spiro atoms. The predicted octanol–water partition coefficient (Wildman–Crippen LogP) is 4.00. The van der Waals surface area contributed by atoms with Gasteiger partial charge in [-0.3, -0.25) is 0 Å². The van der Waals surface area contributed by atoms with Gasteiger partial charge >= 0.3 is 0 Å². The Kier molecular flexibility index (Phi) is 3.32. The van der Waals surface area contributed by atoms with Crippen LogP contribution in [0.1, 0.15) is 49.8 Å². The molecule has 1 N–H and O–H groups in total. The van der Waals surface area contributed by atoms with Crippen molar-refractivity contribution >= 4 is 11.8 Å². The molecule has 0 aliphatic heterocycles. The largest absolute Gasteiger partial charge is 0.226 e. The molecule has 1 aromatic rings. The summed E-state index contributed by atoms with van der Waals surface area (Å²) >= 11 is 5.82. The summed E-state index contributed by atoms with van der Waals surface area (Å²) in [6, 6.07) is 9.11. The Morgan fingerprint density at radius 1 is 1.27 bits per heavy atom. The van der Waals surface area contributed by atoms with Crippen LogP contribution >= 0.6 is 11.8 Å². The van der Waals surface area contributed by atoms with E-state index in [-0.39, 0.29) is 0 Å². The third-order valence-electron chi connectivity index (χ3n) is 3.15. The maximum atomic E-state index is 5.82. The van der Waals surface area contributed by atoms with E-state index in [9.17, 15) is 0 Å². The maximum absolute atomic E-state index is 5.82. The number of hydrogen-bond acceptors (Lipinski definition) is 1. The van der Waals surface area contributed by atoms with Crippen LogP contribution in [0.5, 0.6) is 0 Å². The Morgan fingerprint density at radius 3 is 2.47 bits per heavy atom. The molecule has 82 valence electrons. The van der Waals surface area contributed by atoms with Crippen molar-refractivity contribution in [3.8, 4) is 0 Å². The highest BCUT2D eigenvalue weighted by Crippen LogP contribution is 2.41. The molecule has 1 saturated carbocycles. The number of rotatable bonds is 4. The molecule has 1 fully saturated rings. The lowest BCUT2D eigenvalue weighted by atomic mass is 9.96. The van der Waals surface area contributed by atoms with Crippen LogP contribution in [0.4, 0.5) is 0 Å². The van der Waals surface area contributed by atoms with E-state index in [1.54, 1.807) is 0 Å². The summed E-state index contributed by atoms with van der Waals surface area (Å²) in [6.07, 6.45) is 2.60. The molecule has 0 bridgehead atoms. The van der Waals surface area contributed by atoms with Crippen molar-refractivity contribution < 1.29 is 0 Å². The zero-order valence-corrected chi connectivity index (χ0v) is 10.1. The van der Waals surface area contributed by atoms with E-state index in [0.29, 0.717) is 12.0 Å². The fourth-order valence-corrected chi connectivity index (χ4v) is 2.27. The quantitative estimate of drug-likeness (QED) is 0.761. The van der Waals surface area contributed by atoms with E-state index >= 15 is 0 Å². The van der Waals surface area contributed by atoms with Crippen molar-refractivity contribution in [2.45, 2.75) is 38.6 Å². The van der Waals surface area contributed by atoms with Crippen LogP contribution in [0.15, 0.2) is 24.3 Å². The lowest BCUT2D eigenvalue weighted by molar-refractivity contribution is 0.586. The topological polar surface area (TPSA) is 12.0 Å². The van der Waals surface area contributed by atoms with Crippen molar-refractivity contribution in [2.24, 2.45) is 5.92 Å². The van der Waals surface area contributed by atoms with Crippen LogP contribution in [-0.2, 0) is 0 Å². The van der Waals surface area contributed by atoms with Crippen molar-refractivity contribution in [1.29, 1.82) is 0 Å². The van der Waals surface area contributed by atoms with E-state index in [1.165, 1.54) is 24.0 Å². The molecular formula is C13H18ClN. The summed E-state index contributed by atoms with van der Waals surface area (Å²) < 4.78 is 0. The van der Waals surface area contributed by atoms with Gasteiger partial charge in [-0.25, -0.2) is 4.84 Å². The van der Waals surface area contributed by atoms with E-state index in [4.69, 9.17) is 11.8 Å². The highest BCUT2D eigenvalue weighted by molar-refractivity contribution is 6.13. The van der Waals surface area contributed by atoms with Crippen LogP contribution in [0.25, 0.3) is 0 Å². The summed E-state index contributed by atoms with van der Waals surface area (Å²) in [5.74, 6) is 1.32. The molecule has 0 amide bonds. The molecule has 1 atom stereocenters. The highest BCUT2D eigenvalue weighted by atomic mass is 35.5. The van der Waals surface area contributed by atoms with Gasteiger partial charge in [-0.1, -0.05) is 38.1 Å². The summed E-state index contributed by atoms with van der Waals surface area (Å²) in [4.78, 5) is 2.92. The van der Waals surface area contributed by atoms with Crippen LogP contribution in [0.2, 0.25) is 0 Å². The van der Waals surface area contributed by atoms with Gasteiger partial charge < -0.3 is 0 Å². The molecule has 0 saturated heterocycles. The first-order valence-corrected chi connectivity index (χ1v) is 6.06. The lowest BCUT2D eigenvalue weighted by Crippen LogP contribution is -2.13. The highest BCUT2D eigenvalue weighted by Gasteiger charge is 2.31. The summed E-state index contributed by atoms with van der Waals surface area (Å²) in [7, 11) is 0. The maximum Gasteiger partial charge on any atom is 0.0498 e. The minimum atomic E-state index is 0.338. The first-order chi connectivity index (χ1) is 7.22. The van der Waals surface area contributed by atoms with Gasteiger partial charge in [0.15, 0.2) is 0 Å². The number of nitrogens with one attached hydrogen (secondary N) is 1. The monoisotopic (exact) mass is 223 g/mol. The van der Waals surface area contributed by atoms with Gasteiger partial charge in [-0.05, 0) is 47.6 Å². The fourth-order valence-electron chi connectivity index (χ4n) is 1.97. The van der Waals surface area contributed by atoms with Crippen molar-refractivity contribution in [2.75, 3.05) is 0 Å². The third kappa shape index (κ3) is 2.53. The predicted molar refractivity (Wildman–Crippen MR) is 65.0 cm³/mol. The Morgan fingerprint density at radius 2 is 1.93 bits per heavy atom. The van der Waals surface area contributed by atoms with Gasteiger partial charge in [0, 0.05) is 6.04 Å². The SMILES string of the molecule is CC(C)c1cccc(C(NCl)C2CC2)c1. The van der Waals surface area contributed by atoms with Gasteiger partial charge in [-0.15, -0.1) is 0 Å². The molecule has 1 nitrogen and oxygen atoms in total. The molecule has 15 heavy (non-hydrogen) atoms. The Labute approximate surface area is 96.9 Å². The van der Waals surface area contributed by atoms with E-state index in [2.05, 4.69) is 42.9 Å². The Hall–Kier alpha value is -0.530. The lowest BCUT2D eigenvalue weighted by Gasteiger charge is -2.16. The fraction of sp³-hybridized carbons (Fsp3) is 0.538. The van der Waals surface area contributed by atoms with Gasteiger partial charge in [0.2, 0.25) is 0 Å². The zero-order chi connectivity index (χ0) is 10.8. The summed E-state index contributed by atoms with van der Waals surface area (Å²) in [5.41, 5.74) is 2.73. The minimum Gasteiger partial charge on any atom is -0.226 e. The molecule has 1 aliphatic carbocycles. The molecule has 2 heteroatoms. The molecule has 1 aliphatic rings. The standard InChI is InChI=1S/C13H18ClN/c1-9(2)11-4-3-5-12(8-11)13(15-14)10-6-7-10/h3-5,8-10,13,15H,6-7H2,1-2H3. The number of hydrogen-bond donors (Lipinski definition) is 1. The van der Waals surface area contributed by atoms with Gasteiger partial charge in [0.25, 0.3) is 0 Å². The normalized spacial score (nSPS) is 18.1. The average Bonchev–Trinajstić information content (AvgIpc) is 3.04. The van der Waals surface area contributed by atoms with E-state index < -0.39 is 0 Å². The van der Waals surface area contributed by atoms with Crippen LogP contribution in [0.3, 0.4) is 0 Å². The van der Waals surface area contributed by atoms with Gasteiger partial charge in [-0.2, -0.15) is 0 Å². The molecular weight excluding hydrogens is 206 g/mol. The average molecular weight is 224 g/mol. The Balaban J connectivity index is 2.22. The van der Waals surface area contributed by atoms with Crippen LogP contribution < -0.4 is 4.84 Å². The number of halogens is 1. The van der Waals surface area contributed by atoms with Crippen molar-refractivity contribution in [3.05, 3.63) is 35.4 Å². The molecule has 1 aromatic carbocycles. The van der Waals surface area contributed by atoms with Gasteiger partial charge in [0.1, 0.15) is 0 Å². The van der Waals surface area contributed by atoms with E-state index in [1.807, 2.05) is 0 Å². The molecule has 1 unspecified atom stereocenters. The molecule has 0 heterocycles. The first kappa shape index (κ1) is 11.0. The second kappa shape index (κ2) is 4.54. The second-order valence-electron chi connectivity index (χ2n) is 4.75. The third-order valence-corrected chi connectivity index (χ3v) is 3.38. The molecule has 0 aromatic heterocycles. The first-order valence-electron chi connectivity index (χ1n) is 5.68. The van der Waals surface area contributed by atoms with Crippen LogP contribution in [0, 0.1) is 5.92 Å². The van der Waals surface area contributed by atoms with Crippen molar-refractivity contribution in [1.82, 2.24) is 4.84 Å². The molecule has 2 rings (SSSR count). The van der Waals surface area contributed by atoms with Crippen LogP contribution in [-0.4, -0.2) is 0 Å². The summed E-state index contributed by atoms with van der Waals surface area (Å²) in [6.45, 7) is 4.44. The Bertz CT molecular complexity index is 331. The zero-order valence-electron chi connectivity index (χ0n) is 9.33. The van der Waals surface area contributed by atoms with E-state index in [0.717, 1.165) is 5.92 Å². The van der Waals surface area contributed by atoms with Crippen molar-refractivity contribution in [3.63, 3.8) is 0 Å².